The number of rotatable bonds is 10. The Morgan fingerprint density at radius 3 is 2.51 bits per heavy atom. The summed E-state index contributed by atoms with van der Waals surface area (Å²) in [5.74, 6) is 1.62. The Balaban J connectivity index is 0.948. The van der Waals surface area contributed by atoms with Crippen molar-refractivity contribution < 1.29 is 9.53 Å². The van der Waals surface area contributed by atoms with E-state index >= 15 is 0 Å². The third-order valence-corrected chi connectivity index (χ3v) is 7.40. The van der Waals surface area contributed by atoms with E-state index in [1.54, 1.807) is 0 Å². The number of benzene rings is 3. The molecule has 6 rings (SSSR count). The summed E-state index contributed by atoms with van der Waals surface area (Å²) in [4.78, 5) is 25.4. The average molecular weight is 522 g/mol. The van der Waals surface area contributed by atoms with Crippen molar-refractivity contribution in [3.63, 3.8) is 0 Å². The fourth-order valence-corrected chi connectivity index (χ4v) is 4.88. The SMILES string of the molecule is O=C(NC1CC1)c1ccc2[nH]c(-c3ccc(OCCN4CCN(CC=Cc5ccccc5)CC4)cc3)nc2c1. The van der Waals surface area contributed by atoms with E-state index in [4.69, 9.17) is 9.72 Å². The number of fused-ring (bicyclic) bond motifs is 1. The molecule has 1 amide bonds. The molecule has 2 aliphatic rings. The van der Waals surface area contributed by atoms with Crippen LogP contribution in [0, 0.1) is 0 Å². The predicted octanol–water partition coefficient (Wildman–Crippen LogP) is 4.83. The molecule has 0 bridgehead atoms. The number of H-pyrrole nitrogens is 1. The van der Waals surface area contributed by atoms with Crippen molar-refractivity contribution in [3.05, 3.63) is 90.0 Å². The number of ether oxygens (including phenoxy) is 1. The number of nitrogens with zero attached hydrogens (tertiary/aromatic N) is 3. The lowest BCUT2D eigenvalue weighted by atomic mass is 10.2. The van der Waals surface area contributed by atoms with Gasteiger partial charge in [-0.2, -0.15) is 0 Å². The molecule has 1 aromatic heterocycles. The van der Waals surface area contributed by atoms with Crippen molar-refractivity contribution in [2.45, 2.75) is 18.9 Å². The highest BCUT2D eigenvalue weighted by atomic mass is 16.5. The Morgan fingerprint density at radius 1 is 0.974 bits per heavy atom. The monoisotopic (exact) mass is 521 g/mol. The first-order chi connectivity index (χ1) is 19.2. The number of carbonyl (C=O) groups is 1. The molecule has 0 spiro atoms. The molecule has 0 radical (unpaired) electrons. The van der Waals surface area contributed by atoms with Crippen molar-refractivity contribution in [1.82, 2.24) is 25.1 Å². The molecule has 2 fully saturated rings. The van der Waals surface area contributed by atoms with Crippen molar-refractivity contribution in [2.75, 3.05) is 45.9 Å². The van der Waals surface area contributed by atoms with Crippen LogP contribution in [0.3, 0.4) is 0 Å². The van der Waals surface area contributed by atoms with E-state index in [2.05, 4.69) is 56.5 Å². The zero-order valence-electron chi connectivity index (χ0n) is 22.2. The Labute approximate surface area is 229 Å². The van der Waals surface area contributed by atoms with Crippen LogP contribution >= 0.6 is 0 Å². The minimum atomic E-state index is -0.0247. The first-order valence-corrected chi connectivity index (χ1v) is 13.9. The molecule has 1 saturated heterocycles. The minimum Gasteiger partial charge on any atom is -0.492 e. The highest BCUT2D eigenvalue weighted by Gasteiger charge is 2.24. The number of amides is 1. The molecular weight excluding hydrogens is 486 g/mol. The summed E-state index contributed by atoms with van der Waals surface area (Å²) in [6.45, 7) is 6.89. The second-order valence-corrected chi connectivity index (χ2v) is 10.4. The molecule has 0 atom stereocenters. The number of nitrogens with one attached hydrogen (secondary N) is 2. The second-order valence-electron chi connectivity index (χ2n) is 10.4. The summed E-state index contributed by atoms with van der Waals surface area (Å²) in [7, 11) is 0. The van der Waals surface area contributed by atoms with Gasteiger partial charge in [-0.05, 0) is 60.9 Å². The van der Waals surface area contributed by atoms with E-state index < -0.39 is 0 Å². The molecule has 3 aromatic carbocycles. The van der Waals surface area contributed by atoms with Gasteiger partial charge < -0.3 is 15.0 Å². The maximum absolute atomic E-state index is 12.4. The Hall–Kier alpha value is -3.94. The lowest BCUT2D eigenvalue weighted by Gasteiger charge is -2.34. The summed E-state index contributed by atoms with van der Waals surface area (Å²) in [6.07, 6.45) is 6.61. The third kappa shape index (κ3) is 6.74. The van der Waals surface area contributed by atoms with Gasteiger partial charge in [0, 0.05) is 56.4 Å². The van der Waals surface area contributed by atoms with Crippen molar-refractivity contribution in [1.29, 1.82) is 0 Å². The molecule has 4 aromatic rings. The maximum Gasteiger partial charge on any atom is 0.251 e. The van der Waals surface area contributed by atoms with Gasteiger partial charge in [-0.1, -0.05) is 42.5 Å². The molecule has 7 heteroatoms. The van der Waals surface area contributed by atoms with Gasteiger partial charge in [0.15, 0.2) is 0 Å². The molecule has 1 saturated carbocycles. The van der Waals surface area contributed by atoms with E-state index in [0.717, 1.165) is 80.3 Å². The first kappa shape index (κ1) is 25.3. The van der Waals surface area contributed by atoms with Crippen LogP contribution < -0.4 is 10.1 Å². The number of imidazole rings is 1. The number of hydrogen-bond donors (Lipinski definition) is 2. The normalized spacial score (nSPS) is 16.6. The third-order valence-electron chi connectivity index (χ3n) is 7.40. The van der Waals surface area contributed by atoms with E-state index in [9.17, 15) is 4.79 Å². The van der Waals surface area contributed by atoms with Crippen LogP contribution in [0.5, 0.6) is 5.75 Å². The largest absolute Gasteiger partial charge is 0.492 e. The zero-order valence-corrected chi connectivity index (χ0v) is 22.2. The van der Waals surface area contributed by atoms with Crippen LogP contribution in [0.2, 0.25) is 0 Å². The second kappa shape index (κ2) is 11.8. The molecule has 7 nitrogen and oxygen atoms in total. The van der Waals surface area contributed by atoms with Gasteiger partial charge in [-0.15, -0.1) is 0 Å². The molecule has 39 heavy (non-hydrogen) atoms. The van der Waals surface area contributed by atoms with Crippen molar-refractivity contribution in [3.8, 4) is 17.1 Å². The molecule has 1 aliphatic heterocycles. The van der Waals surface area contributed by atoms with Gasteiger partial charge in [0.2, 0.25) is 0 Å². The van der Waals surface area contributed by atoms with E-state index in [-0.39, 0.29) is 5.91 Å². The molecule has 1 aliphatic carbocycles. The van der Waals surface area contributed by atoms with Crippen molar-refractivity contribution >= 4 is 23.0 Å². The number of hydrogen-bond acceptors (Lipinski definition) is 5. The van der Waals surface area contributed by atoms with Crippen molar-refractivity contribution in [2.24, 2.45) is 0 Å². The number of aromatic amines is 1. The Morgan fingerprint density at radius 2 is 1.74 bits per heavy atom. The topological polar surface area (TPSA) is 73.5 Å². The van der Waals surface area contributed by atoms with Crippen LogP contribution in [0.25, 0.3) is 28.5 Å². The van der Waals surface area contributed by atoms with Crippen LogP contribution in [0.4, 0.5) is 0 Å². The quantitative estimate of drug-likeness (QED) is 0.313. The molecular formula is C32H35N5O2. The summed E-state index contributed by atoms with van der Waals surface area (Å²) in [5.41, 5.74) is 4.60. The Bertz CT molecular complexity index is 1420. The molecule has 200 valence electrons. The lowest BCUT2D eigenvalue weighted by molar-refractivity contribution is 0.0951. The predicted molar refractivity (Wildman–Crippen MR) is 156 cm³/mol. The summed E-state index contributed by atoms with van der Waals surface area (Å²) < 4.78 is 6.04. The van der Waals surface area contributed by atoms with Gasteiger partial charge >= 0.3 is 0 Å². The van der Waals surface area contributed by atoms with Crippen LogP contribution in [-0.2, 0) is 0 Å². The summed E-state index contributed by atoms with van der Waals surface area (Å²) >= 11 is 0. The zero-order chi connectivity index (χ0) is 26.4. The molecule has 2 N–H and O–H groups in total. The van der Waals surface area contributed by atoms with Gasteiger partial charge in [-0.3, -0.25) is 14.6 Å². The number of piperazine rings is 1. The van der Waals surface area contributed by atoms with Gasteiger partial charge in [0.1, 0.15) is 18.2 Å². The minimum absolute atomic E-state index is 0.0247. The van der Waals surface area contributed by atoms with Gasteiger partial charge in [0.05, 0.1) is 11.0 Å². The fourth-order valence-electron chi connectivity index (χ4n) is 4.88. The standard InChI is InChI=1S/C32H35N5O2/c38-32(33-27-11-12-27)26-10-15-29-30(23-26)35-31(34-29)25-8-13-28(14-9-25)39-22-21-37-19-17-36(18-20-37)16-4-7-24-5-2-1-3-6-24/h1-10,13-15,23,27H,11-12,16-22H2,(H,33,38)(H,34,35). The number of aromatic nitrogens is 2. The van der Waals surface area contributed by atoms with E-state index in [1.165, 1.54) is 5.56 Å². The Kier molecular flexibility index (Phi) is 7.70. The van der Waals surface area contributed by atoms with Crippen LogP contribution in [-0.4, -0.2) is 77.6 Å². The fraction of sp³-hybridized carbons (Fsp3) is 0.312. The first-order valence-electron chi connectivity index (χ1n) is 13.9. The van der Waals surface area contributed by atoms with Gasteiger partial charge in [-0.25, -0.2) is 4.98 Å². The van der Waals surface area contributed by atoms with Gasteiger partial charge in [0.25, 0.3) is 5.91 Å². The highest BCUT2D eigenvalue weighted by Crippen LogP contribution is 2.24. The van der Waals surface area contributed by atoms with Crippen LogP contribution in [0.1, 0.15) is 28.8 Å². The average Bonchev–Trinajstić information content (AvgIpc) is 3.69. The summed E-state index contributed by atoms with van der Waals surface area (Å²) in [6, 6.07) is 24.5. The van der Waals surface area contributed by atoms with E-state index in [0.29, 0.717) is 18.2 Å². The molecule has 2 heterocycles. The lowest BCUT2D eigenvalue weighted by Crippen LogP contribution is -2.47. The maximum atomic E-state index is 12.4. The van der Waals surface area contributed by atoms with E-state index in [1.807, 2.05) is 48.5 Å². The smallest absolute Gasteiger partial charge is 0.251 e. The van der Waals surface area contributed by atoms with Crippen LogP contribution in [0.15, 0.2) is 78.9 Å². The highest BCUT2D eigenvalue weighted by molar-refractivity contribution is 5.98. The number of carbonyl (C=O) groups excluding carboxylic acids is 1. The molecule has 0 unspecified atom stereocenters. The summed E-state index contributed by atoms with van der Waals surface area (Å²) in [5, 5.41) is 3.03.